The van der Waals surface area contributed by atoms with Crippen molar-refractivity contribution in [2.24, 2.45) is 5.92 Å². The zero-order chi connectivity index (χ0) is 15.9. The van der Waals surface area contributed by atoms with Crippen LogP contribution in [-0.4, -0.2) is 33.6 Å². The van der Waals surface area contributed by atoms with Crippen LogP contribution < -0.4 is 56.5 Å². The summed E-state index contributed by atoms with van der Waals surface area (Å²) in [5, 5.41) is 21.9. The number of fused-ring (bicyclic) bond motifs is 1. The molecule has 110 valence electrons. The number of carbonyl (C=O) groups is 3. The van der Waals surface area contributed by atoms with Gasteiger partial charge in [0.2, 0.25) is 0 Å². The molecule has 0 saturated heterocycles. The van der Waals surface area contributed by atoms with E-state index in [-0.39, 0.29) is 68.2 Å². The Labute approximate surface area is 168 Å². The van der Waals surface area contributed by atoms with Crippen molar-refractivity contribution >= 4 is 23.5 Å². The fourth-order valence-electron chi connectivity index (χ4n) is 2.29. The normalized spacial score (nSPS) is 14.6. The maximum Gasteiger partial charge on any atom is 1.00 e. The van der Waals surface area contributed by atoms with Crippen LogP contribution in [0.1, 0.15) is 34.6 Å². The molecular formula is C13H11KN2O6. The Morgan fingerprint density at radius 1 is 1.18 bits per heavy atom. The maximum absolute atomic E-state index is 12.2. The van der Waals surface area contributed by atoms with Crippen molar-refractivity contribution < 1.29 is 75.8 Å². The number of nitro benzene ring substituents is 1. The van der Waals surface area contributed by atoms with Gasteiger partial charge in [0.15, 0.2) is 0 Å². The molecule has 0 aromatic heterocycles. The van der Waals surface area contributed by atoms with Crippen molar-refractivity contribution in [3.05, 3.63) is 39.4 Å². The van der Waals surface area contributed by atoms with E-state index in [1.54, 1.807) is 0 Å². The van der Waals surface area contributed by atoms with Crippen LogP contribution in [0.25, 0.3) is 0 Å². The number of carbonyl (C=O) groups excluding carboxylic acids is 3. The average molecular weight is 330 g/mol. The van der Waals surface area contributed by atoms with Crippen molar-refractivity contribution in [2.45, 2.75) is 19.9 Å². The van der Waals surface area contributed by atoms with Gasteiger partial charge in [-0.15, -0.1) is 0 Å². The van der Waals surface area contributed by atoms with Crippen LogP contribution in [0, 0.1) is 16.0 Å². The van der Waals surface area contributed by atoms with Gasteiger partial charge in [0.25, 0.3) is 17.5 Å². The molecule has 0 spiro atoms. The Balaban J connectivity index is 0.00000242. The third-order valence-corrected chi connectivity index (χ3v) is 3.26. The molecule has 1 aliphatic heterocycles. The van der Waals surface area contributed by atoms with Gasteiger partial charge in [-0.25, -0.2) is 0 Å². The molecule has 9 heteroatoms. The minimum atomic E-state index is -1.55. The Bertz CT molecular complexity index is 672. The summed E-state index contributed by atoms with van der Waals surface area (Å²) >= 11 is 0. The first-order valence-electron chi connectivity index (χ1n) is 6.13. The molecule has 1 aromatic rings. The summed E-state index contributed by atoms with van der Waals surface area (Å²) in [4.78, 5) is 46.2. The average Bonchev–Trinajstić information content (AvgIpc) is 2.63. The molecule has 0 fully saturated rings. The van der Waals surface area contributed by atoms with Crippen molar-refractivity contribution in [3.63, 3.8) is 0 Å². The topological polar surface area (TPSA) is 121 Å². The van der Waals surface area contributed by atoms with Gasteiger partial charge in [-0.05, 0) is 12.0 Å². The molecule has 1 aromatic carbocycles. The number of hydrogen-bond acceptors (Lipinski definition) is 6. The summed E-state index contributed by atoms with van der Waals surface area (Å²) in [5.74, 6) is -3.74. The second-order valence-electron chi connectivity index (χ2n) is 4.98. The first-order chi connectivity index (χ1) is 9.75. The van der Waals surface area contributed by atoms with Gasteiger partial charge in [-0.3, -0.25) is 24.6 Å². The maximum atomic E-state index is 12.2. The SMILES string of the molecule is CC(C)C(C(=O)[O-])N1C(=O)c2ccc([N+](=O)[O-])cc2C1=O.[K+]. The van der Waals surface area contributed by atoms with Gasteiger partial charge in [0.05, 0.1) is 28.1 Å². The second-order valence-corrected chi connectivity index (χ2v) is 4.98. The first-order valence-corrected chi connectivity index (χ1v) is 6.13. The fourth-order valence-corrected chi connectivity index (χ4v) is 2.29. The van der Waals surface area contributed by atoms with Gasteiger partial charge in [-0.2, -0.15) is 0 Å². The molecule has 0 N–H and O–H groups in total. The Morgan fingerprint density at radius 2 is 1.73 bits per heavy atom. The summed E-state index contributed by atoms with van der Waals surface area (Å²) in [5.41, 5.74) is -0.551. The molecule has 0 bridgehead atoms. The summed E-state index contributed by atoms with van der Waals surface area (Å²) in [6.07, 6.45) is 0. The number of nitro groups is 1. The number of rotatable bonds is 4. The van der Waals surface area contributed by atoms with Crippen molar-refractivity contribution in [1.29, 1.82) is 0 Å². The van der Waals surface area contributed by atoms with Crippen LogP contribution >= 0.6 is 0 Å². The van der Waals surface area contributed by atoms with Gasteiger partial charge >= 0.3 is 51.4 Å². The first kappa shape index (κ1) is 18.9. The summed E-state index contributed by atoms with van der Waals surface area (Å²) < 4.78 is 0. The molecule has 8 nitrogen and oxygen atoms in total. The number of amides is 2. The molecule has 2 rings (SSSR count). The molecule has 22 heavy (non-hydrogen) atoms. The van der Waals surface area contributed by atoms with Gasteiger partial charge in [0, 0.05) is 12.1 Å². The standard InChI is InChI=1S/C13H12N2O6.K/c1-6(2)10(13(18)19)14-11(16)8-4-3-7(15(20)21)5-9(8)12(14)17;/h3-6,10H,1-2H3,(H,18,19);/q;+1/p-1. The van der Waals surface area contributed by atoms with Crippen molar-refractivity contribution in [2.75, 3.05) is 0 Å². The van der Waals surface area contributed by atoms with Crippen LogP contribution in [0.5, 0.6) is 0 Å². The minimum Gasteiger partial charge on any atom is -0.548 e. The van der Waals surface area contributed by atoms with Crippen LogP contribution in [-0.2, 0) is 4.79 Å². The predicted octanol–water partition coefficient (Wildman–Crippen LogP) is -3.03. The van der Waals surface area contributed by atoms with E-state index in [0.717, 1.165) is 18.2 Å². The molecule has 1 aliphatic rings. The van der Waals surface area contributed by atoms with Crippen LogP contribution in [0.4, 0.5) is 5.69 Å². The molecule has 2 amide bonds. The summed E-state index contributed by atoms with van der Waals surface area (Å²) in [7, 11) is 0. The largest absolute Gasteiger partial charge is 1.00 e. The number of imide groups is 1. The minimum absolute atomic E-state index is 0. The molecule has 0 aliphatic carbocycles. The Morgan fingerprint density at radius 3 is 2.18 bits per heavy atom. The van der Waals surface area contributed by atoms with E-state index < -0.39 is 34.7 Å². The number of benzene rings is 1. The molecule has 0 saturated carbocycles. The van der Waals surface area contributed by atoms with Crippen molar-refractivity contribution in [1.82, 2.24) is 4.90 Å². The van der Waals surface area contributed by atoms with Crippen molar-refractivity contribution in [3.8, 4) is 0 Å². The number of non-ortho nitro benzene ring substituents is 1. The van der Waals surface area contributed by atoms with Gasteiger partial charge < -0.3 is 9.90 Å². The number of carboxylic acid groups (broad SMARTS) is 1. The van der Waals surface area contributed by atoms with E-state index in [1.165, 1.54) is 13.8 Å². The molecule has 1 atom stereocenters. The predicted molar refractivity (Wildman–Crippen MR) is 67.2 cm³/mol. The third kappa shape index (κ3) is 3.13. The zero-order valence-electron chi connectivity index (χ0n) is 12.2. The molecule has 0 radical (unpaired) electrons. The fraction of sp³-hybridized carbons (Fsp3) is 0.308. The molecule has 1 heterocycles. The van der Waals surface area contributed by atoms with E-state index in [4.69, 9.17) is 0 Å². The molecular weight excluding hydrogens is 319 g/mol. The van der Waals surface area contributed by atoms with Crippen LogP contribution in [0.2, 0.25) is 0 Å². The number of hydrogen-bond donors (Lipinski definition) is 0. The monoisotopic (exact) mass is 330 g/mol. The molecule has 1 unspecified atom stereocenters. The van der Waals surface area contributed by atoms with E-state index >= 15 is 0 Å². The second kappa shape index (κ2) is 6.96. The summed E-state index contributed by atoms with van der Waals surface area (Å²) in [6.45, 7) is 3.07. The van der Waals surface area contributed by atoms with Crippen LogP contribution in [0.15, 0.2) is 18.2 Å². The number of carboxylic acids is 1. The van der Waals surface area contributed by atoms with E-state index in [9.17, 15) is 29.6 Å². The number of nitrogens with zero attached hydrogens (tertiary/aromatic N) is 2. The Kier molecular flexibility index (Phi) is 5.99. The van der Waals surface area contributed by atoms with E-state index in [0.29, 0.717) is 4.90 Å². The quantitative estimate of drug-likeness (QED) is 0.251. The Hall–Kier alpha value is -1.13. The number of aliphatic carboxylic acids is 1. The summed E-state index contributed by atoms with van der Waals surface area (Å²) in [6, 6.07) is 1.80. The smallest absolute Gasteiger partial charge is 0.548 e. The van der Waals surface area contributed by atoms with Gasteiger partial charge in [-0.1, -0.05) is 13.8 Å². The van der Waals surface area contributed by atoms with E-state index in [2.05, 4.69) is 0 Å². The van der Waals surface area contributed by atoms with E-state index in [1.807, 2.05) is 0 Å². The van der Waals surface area contributed by atoms with Gasteiger partial charge in [0.1, 0.15) is 0 Å². The van der Waals surface area contributed by atoms with Crippen LogP contribution in [0.3, 0.4) is 0 Å². The third-order valence-electron chi connectivity index (χ3n) is 3.26. The zero-order valence-corrected chi connectivity index (χ0v) is 15.4.